The lowest BCUT2D eigenvalue weighted by atomic mass is 9.79. The van der Waals surface area contributed by atoms with Gasteiger partial charge in [-0.15, -0.1) is 0 Å². The molecule has 2 rings (SSSR count). The van der Waals surface area contributed by atoms with Gasteiger partial charge in [0.1, 0.15) is 23.0 Å². The lowest BCUT2D eigenvalue weighted by Crippen LogP contribution is -2.41. The maximum absolute atomic E-state index is 12.6. The van der Waals surface area contributed by atoms with Crippen LogP contribution in [0.4, 0.5) is 0 Å². The number of sulfonamides is 1. The van der Waals surface area contributed by atoms with Crippen molar-refractivity contribution in [2.24, 2.45) is 5.41 Å². The van der Waals surface area contributed by atoms with E-state index in [4.69, 9.17) is 9.52 Å². The van der Waals surface area contributed by atoms with E-state index < -0.39 is 10.0 Å². The van der Waals surface area contributed by atoms with Crippen LogP contribution in [-0.2, 0) is 16.6 Å². The third-order valence-electron chi connectivity index (χ3n) is 4.48. The summed E-state index contributed by atoms with van der Waals surface area (Å²) < 4.78 is 32.0. The van der Waals surface area contributed by atoms with E-state index >= 15 is 0 Å². The second-order valence-electron chi connectivity index (χ2n) is 5.86. The third kappa shape index (κ3) is 2.77. The average molecular weight is 301 g/mol. The zero-order valence-corrected chi connectivity index (χ0v) is 13.2. The van der Waals surface area contributed by atoms with E-state index in [2.05, 4.69) is 13.8 Å². The van der Waals surface area contributed by atoms with E-state index in [9.17, 15) is 8.42 Å². The van der Waals surface area contributed by atoms with Crippen LogP contribution < -0.4 is 0 Å². The molecule has 1 aliphatic heterocycles. The molecule has 0 bridgehead atoms. The summed E-state index contributed by atoms with van der Waals surface area (Å²) in [5.74, 6) is 0.634. The number of rotatable bonds is 4. The molecule has 1 N–H and O–H groups in total. The Balaban J connectivity index is 2.21. The Kier molecular flexibility index (Phi) is 4.27. The fraction of sp³-hybridized carbons (Fsp3) is 0.714. The molecule has 5 nitrogen and oxygen atoms in total. The normalized spacial score (nSPS) is 20.2. The topological polar surface area (TPSA) is 70.8 Å². The van der Waals surface area contributed by atoms with Gasteiger partial charge in [-0.3, -0.25) is 0 Å². The molecule has 0 atom stereocenters. The van der Waals surface area contributed by atoms with Crippen LogP contribution in [0.5, 0.6) is 0 Å². The highest BCUT2D eigenvalue weighted by Crippen LogP contribution is 2.36. The van der Waals surface area contributed by atoms with Crippen molar-refractivity contribution >= 4 is 10.0 Å². The van der Waals surface area contributed by atoms with Crippen molar-refractivity contribution in [1.29, 1.82) is 0 Å². The molecule has 0 aliphatic carbocycles. The van der Waals surface area contributed by atoms with E-state index in [1.54, 1.807) is 6.92 Å². The van der Waals surface area contributed by atoms with Crippen molar-refractivity contribution in [2.75, 3.05) is 13.1 Å². The summed E-state index contributed by atoms with van der Waals surface area (Å²) in [6, 6.07) is 1.43. The second kappa shape index (κ2) is 5.50. The van der Waals surface area contributed by atoms with Gasteiger partial charge in [-0.25, -0.2) is 8.42 Å². The molecule has 1 aliphatic rings. The highest BCUT2D eigenvalue weighted by molar-refractivity contribution is 7.89. The van der Waals surface area contributed by atoms with Gasteiger partial charge in [0.2, 0.25) is 10.0 Å². The minimum absolute atomic E-state index is 0.182. The van der Waals surface area contributed by atoms with Crippen LogP contribution in [0.25, 0.3) is 0 Å². The predicted molar refractivity (Wildman–Crippen MR) is 75.8 cm³/mol. The molecule has 20 heavy (non-hydrogen) atoms. The number of aliphatic hydroxyl groups excluding tert-OH is 1. The average Bonchev–Trinajstić information content (AvgIpc) is 2.81. The van der Waals surface area contributed by atoms with Crippen LogP contribution in [0.3, 0.4) is 0 Å². The molecule has 1 aromatic rings. The molecule has 0 aromatic carbocycles. The molecule has 0 radical (unpaired) electrons. The lowest BCUT2D eigenvalue weighted by Gasteiger charge is -2.38. The number of hydrogen-bond donors (Lipinski definition) is 1. The smallest absolute Gasteiger partial charge is 0.246 e. The van der Waals surface area contributed by atoms with E-state index in [1.807, 2.05) is 0 Å². The highest BCUT2D eigenvalue weighted by Gasteiger charge is 2.35. The fourth-order valence-electron chi connectivity index (χ4n) is 2.62. The first-order chi connectivity index (χ1) is 9.32. The summed E-state index contributed by atoms with van der Waals surface area (Å²) in [5, 5.41) is 9.05. The quantitative estimate of drug-likeness (QED) is 0.926. The molecule has 1 saturated heterocycles. The van der Waals surface area contributed by atoms with Crippen molar-refractivity contribution in [3.05, 3.63) is 17.6 Å². The Labute approximate surface area is 120 Å². The minimum atomic E-state index is -3.51. The monoisotopic (exact) mass is 301 g/mol. The summed E-state index contributed by atoms with van der Waals surface area (Å²) in [7, 11) is -3.51. The Bertz CT molecular complexity index is 568. The molecule has 0 saturated carbocycles. The SMILES string of the molecule is CCC1(C)CCN(S(=O)(=O)c2cc(CO)oc2C)CC1. The van der Waals surface area contributed by atoms with E-state index in [0.717, 1.165) is 19.3 Å². The van der Waals surface area contributed by atoms with Crippen LogP contribution in [0.2, 0.25) is 0 Å². The minimum Gasteiger partial charge on any atom is -0.462 e. The number of nitrogens with zero attached hydrogens (tertiary/aromatic N) is 1. The van der Waals surface area contributed by atoms with E-state index in [-0.39, 0.29) is 22.7 Å². The highest BCUT2D eigenvalue weighted by atomic mass is 32.2. The molecule has 1 fully saturated rings. The number of hydrogen-bond acceptors (Lipinski definition) is 4. The first kappa shape index (κ1) is 15.5. The standard InChI is InChI=1S/C14H23NO4S/c1-4-14(3)5-7-15(8-6-14)20(17,18)13-9-12(10-16)19-11(13)2/h9,16H,4-8,10H2,1-3H3. The summed E-state index contributed by atoms with van der Waals surface area (Å²) in [6.45, 7) is 6.79. The van der Waals surface area contributed by atoms with Crippen molar-refractivity contribution < 1.29 is 17.9 Å². The van der Waals surface area contributed by atoms with E-state index in [0.29, 0.717) is 18.8 Å². The molecule has 2 heterocycles. The van der Waals surface area contributed by atoms with Crippen LogP contribution in [-0.4, -0.2) is 30.9 Å². The predicted octanol–water partition coefficient (Wildman–Crippen LogP) is 2.28. The molecule has 0 unspecified atom stereocenters. The van der Waals surface area contributed by atoms with Crippen LogP contribution in [0.15, 0.2) is 15.4 Å². The van der Waals surface area contributed by atoms with Gasteiger partial charge < -0.3 is 9.52 Å². The number of furan rings is 1. The largest absolute Gasteiger partial charge is 0.462 e. The van der Waals surface area contributed by atoms with Gasteiger partial charge in [0.15, 0.2) is 0 Å². The van der Waals surface area contributed by atoms with Crippen LogP contribution >= 0.6 is 0 Å². The van der Waals surface area contributed by atoms with Crippen molar-refractivity contribution in [3.63, 3.8) is 0 Å². The maximum Gasteiger partial charge on any atom is 0.246 e. The van der Waals surface area contributed by atoms with Crippen molar-refractivity contribution in [2.45, 2.75) is 51.5 Å². The van der Waals surface area contributed by atoms with Crippen LogP contribution in [0, 0.1) is 12.3 Å². The van der Waals surface area contributed by atoms with Gasteiger partial charge in [0.05, 0.1) is 0 Å². The second-order valence-corrected chi connectivity index (χ2v) is 7.77. The third-order valence-corrected chi connectivity index (χ3v) is 6.49. The Morgan fingerprint density at radius 2 is 2.00 bits per heavy atom. The Morgan fingerprint density at radius 1 is 1.40 bits per heavy atom. The summed E-state index contributed by atoms with van der Waals surface area (Å²) >= 11 is 0. The molecule has 0 amide bonds. The lowest BCUT2D eigenvalue weighted by molar-refractivity contribution is 0.169. The molecule has 1 aromatic heterocycles. The first-order valence-corrected chi connectivity index (χ1v) is 8.47. The number of aryl methyl sites for hydroxylation is 1. The van der Waals surface area contributed by atoms with Gasteiger partial charge in [0.25, 0.3) is 0 Å². The first-order valence-electron chi connectivity index (χ1n) is 7.03. The van der Waals surface area contributed by atoms with Gasteiger partial charge in [-0.2, -0.15) is 4.31 Å². The van der Waals surface area contributed by atoms with Gasteiger partial charge in [-0.05, 0) is 25.2 Å². The zero-order valence-electron chi connectivity index (χ0n) is 12.3. The van der Waals surface area contributed by atoms with E-state index in [1.165, 1.54) is 10.4 Å². The van der Waals surface area contributed by atoms with Crippen molar-refractivity contribution in [3.8, 4) is 0 Å². The summed E-state index contributed by atoms with van der Waals surface area (Å²) in [4.78, 5) is 0.182. The molecule has 6 heteroatoms. The number of aliphatic hydroxyl groups is 1. The van der Waals surface area contributed by atoms with Crippen molar-refractivity contribution in [1.82, 2.24) is 4.31 Å². The Morgan fingerprint density at radius 3 is 2.45 bits per heavy atom. The summed E-state index contributed by atoms with van der Waals surface area (Å²) in [5.41, 5.74) is 0.244. The summed E-state index contributed by atoms with van der Waals surface area (Å²) in [6.07, 6.45) is 2.83. The Hall–Kier alpha value is -0.850. The van der Waals surface area contributed by atoms with Gasteiger partial charge >= 0.3 is 0 Å². The molecule has 114 valence electrons. The maximum atomic E-state index is 12.6. The van der Waals surface area contributed by atoms with Crippen LogP contribution in [0.1, 0.15) is 44.6 Å². The number of piperidine rings is 1. The van der Waals surface area contributed by atoms with Gasteiger partial charge in [-0.1, -0.05) is 20.3 Å². The van der Waals surface area contributed by atoms with Gasteiger partial charge in [0, 0.05) is 19.2 Å². The molecular weight excluding hydrogens is 278 g/mol. The molecule has 0 spiro atoms. The fourth-order valence-corrected chi connectivity index (χ4v) is 4.24. The zero-order chi connectivity index (χ0) is 15.0. The molecular formula is C14H23NO4S.